The maximum Gasteiger partial charge on any atom is 0.176 e. The molecule has 0 spiro atoms. The first kappa shape index (κ1) is 25.9. The highest BCUT2D eigenvalue weighted by Crippen LogP contribution is 2.27. The van der Waals surface area contributed by atoms with E-state index in [1.165, 1.54) is 0 Å². The van der Waals surface area contributed by atoms with Gasteiger partial charge in [-0.1, -0.05) is 56.6 Å². The van der Waals surface area contributed by atoms with E-state index in [4.69, 9.17) is 16.3 Å². The van der Waals surface area contributed by atoms with Gasteiger partial charge < -0.3 is 14.8 Å². The van der Waals surface area contributed by atoms with Gasteiger partial charge in [0.1, 0.15) is 11.6 Å². The molecule has 0 aliphatic rings. The van der Waals surface area contributed by atoms with Gasteiger partial charge in [-0.25, -0.2) is 4.98 Å². The van der Waals surface area contributed by atoms with Crippen molar-refractivity contribution in [2.45, 2.75) is 52.7 Å². The Bertz CT molecular complexity index is 1100. The Labute approximate surface area is 206 Å². The van der Waals surface area contributed by atoms with Gasteiger partial charge in [-0.05, 0) is 43.2 Å². The fourth-order valence-electron chi connectivity index (χ4n) is 3.57. The number of aliphatic hydroxyl groups excluding tert-OH is 1. The molecule has 0 atom stereocenters. The van der Waals surface area contributed by atoms with Crippen molar-refractivity contribution in [1.29, 1.82) is 0 Å². The van der Waals surface area contributed by atoms with E-state index in [1.54, 1.807) is 18.2 Å². The SMILES string of the molecule is CC(C)Oc1ccc(C(=O)CN(CCO)Cc2ccc(-c3cnc(C(C)(C)C)[nH]3)cc2)cc1Cl. The van der Waals surface area contributed by atoms with Crippen LogP contribution in [0.3, 0.4) is 0 Å². The minimum Gasteiger partial charge on any atom is -0.489 e. The van der Waals surface area contributed by atoms with Crippen molar-refractivity contribution in [2.24, 2.45) is 0 Å². The Kier molecular flexibility index (Phi) is 8.52. The average molecular weight is 484 g/mol. The maximum absolute atomic E-state index is 12.9. The normalized spacial score (nSPS) is 11.9. The highest BCUT2D eigenvalue weighted by molar-refractivity contribution is 6.32. The van der Waals surface area contributed by atoms with Gasteiger partial charge in [0.2, 0.25) is 0 Å². The van der Waals surface area contributed by atoms with Crippen LogP contribution in [0.1, 0.15) is 56.4 Å². The van der Waals surface area contributed by atoms with Crippen LogP contribution in [0.2, 0.25) is 5.02 Å². The predicted molar refractivity (Wildman–Crippen MR) is 137 cm³/mol. The lowest BCUT2D eigenvalue weighted by molar-refractivity contribution is 0.0908. The molecule has 0 aliphatic heterocycles. The summed E-state index contributed by atoms with van der Waals surface area (Å²) in [6.07, 6.45) is 1.86. The Morgan fingerprint density at radius 1 is 1.18 bits per heavy atom. The van der Waals surface area contributed by atoms with Crippen molar-refractivity contribution in [2.75, 3.05) is 19.7 Å². The number of ether oxygens (including phenoxy) is 1. The molecule has 0 amide bonds. The van der Waals surface area contributed by atoms with Crippen molar-refractivity contribution in [3.05, 3.63) is 70.6 Å². The molecule has 0 saturated carbocycles. The van der Waals surface area contributed by atoms with Crippen LogP contribution in [-0.4, -0.2) is 51.6 Å². The van der Waals surface area contributed by atoms with Gasteiger partial charge in [0.15, 0.2) is 5.78 Å². The predicted octanol–water partition coefficient (Wildman–Crippen LogP) is 5.49. The number of carbonyl (C=O) groups is 1. The number of imidazole rings is 1. The smallest absolute Gasteiger partial charge is 0.176 e. The van der Waals surface area contributed by atoms with Crippen LogP contribution >= 0.6 is 11.6 Å². The topological polar surface area (TPSA) is 78.4 Å². The Morgan fingerprint density at radius 3 is 2.44 bits per heavy atom. The molecule has 6 nitrogen and oxygen atoms in total. The summed E-state index contributed by atoms with van der Waals surface area (Å²) in [5.74, 6) is 1.45. The number of hydrogen-bond acceptors (Lipinski definition) is 5. The fraction of sp³-hybridized carbons (Fsp3) is 0.407. The Hall–Kier alpha value is -2.67. The summed E-state index contributed by atoms with van der Waals surface area (Å²) < 4.78 is 5.64. The number of benzene rings is 2. The van der Waals surface area contributed by atoms with Crippen LogP contribution in [-0.2, 0) is 12.0 Å². The van der Waals surface area contributed by atoms with Crippen molar-refractivity contribution in [3.63, 3.8) is 0 Å². The van der Waals surface area contributed by atoms with E-state index in [0.717, 1.165) is 22.6 Å². The number of nitrogens with one attached hydrogen (secondary N) is 1. The van der Waals surface area contributed by atoms with Crippen LogP contribution in [0.5, 0.6) is 5.75 Å². The summed E-state index contributed by atoms with van der Waals surface area (Å²) in [6.45, 7) is 11.3. The van der Waals surface area contributed by atoms with Crippen molar-refractivity contribution < 1.29 is 14.6 Å². The molecule has 0 unspecified atom stereocenters. The molecule has 0 aliphatic carbocycles. The van der Waals surface area contributed by atoms with E-state index >= 15 is 0 Å². The fourth-order valence-corrected chi connectivity index (χ4v) is 3.80. The molecule has 182 valence electrons. The number of nitrogens with zero attached hydrogens (tertiary/aromatic N) is 2. The number of halogens is 1. The van der Waals surface area contributed by atoms with E-state index < -0.39 is 0 Å². The molecule has 2 aromatic carbocycles. The third-order valence-corrected chi connectivity index (χ3v) is 5.65. The van der Waals surface area contributed by atoms with Gasteiger partial charge in [0.25, 0.3) is 0 Å². The largest absolute Gasteiger partial charge is 0.489 e. The second kappa shape index (κ2) is 11.2. The van der Waals surface area contributed by atoms with E-state index in [1.807, 2.05) is 49.2 Å². The maximum atomic E-state index is 12.9. The standard InChI is InChI=1S/C27H34ClN3O3/c1-18(2)34-25-11-10-21(14-22(25)28)24(33)17-31(12-13-32)16-19-6-8-20(9-7-19)23-15-29-26(30-23)27(3,4)5/h6-11,14-15,18,32H,12-13,16-17H2,1-5H3,(H,29,30). The second-order valence-corrected chi connectivity index (χ2v) is 10.2. The third-order valence-electron chi connectivity index (χ3n) is 5.36. The zero-order chi connectivity index (χ0) is 24.9. The summed E-state index contributed by atoms with van der Waals surface area (Å²) in [4.78, 5) is 22.7. The summed E-state index contributed by atoms with van der Waals surface area (Å²) in [7, 11) is 0. The molecule has 1 heterocycles. The van der Waals surface area contributed by atoms with Gasteiger partial charge in [-0.15, -0.1) is 0 Å². The second-order valence-electron chi connectivity index (χ2n) is 9.76. The molecule has 3 rings (SSSR count). The first-order valence-corrected chi connectivity index (χ1v) is 11.9. The first-order valence-electron chi connectivity index (χ1n) is 11.5. The number of hydrogen-bond donors (Lipinski definition) is 2. The quantitative estimate of drug-likeness (QED) is 0.373. The third kappa shape index (κ3) is 6.92. The summed E-state index contributed by atoms with van der Waals surface area (Å²) in [5.41, 5.74) is 3.56. The lowest BCUT2D eigenvalue weighted by Crippen LogP contribution is -2.32. The van der Waals surface area contributed by atoms with E-state index in [-0.39, 0.29) is 30.5 Å². The summed E-state index contributed by atoms with van der Waals surface area (Å²) >= 11 is 6.30. The molecule has 0 radical (unpaired) electrons. The molecule has 0 bridgehead atoms. The molecule has 2 N–H and O–H groups in total. The minimum absolute atomic E-state index is 0.000655. The number of aliphatic hydroxyl groups is 1. The van der Waals surface area contributed by atoms with E-state index in [9.17, 15) is 9.90 Å². The lowest BCUT2D eigenvalue weighted by atomic mass is 9.96. The van der Waals surface area contributed by atoms with E-state index in [2.05, 4.69) is 30.7 Å². The van der Waals surface area contributed by atoms with E-state index in [0.29, 0.717) is 29.4 Å². The van der Waals surface area contributed by atoms with Crippen molar-refractivity contribution in [1.82, 2.24) is 14.9 Å². The average Bonchev–Trinajstić information content (AvgIpc) is 3.26. The molecular formula is C27H34ClN3O3. The number of Topliss-reactive ketones (excluding diaryl/α,β-unsaturated/α-hetero) is 1. The van der Waals surface area contributed by atoms with Gasteiger partial charge in [0.05, 0.1) is 36.2 Å². The minimum atomic E-state index is -0.0600. The molecule has 3 aromatic rings. The Balaban J connectivity index is 1.67. The Morgan fingerprint density at radius 2 is 1.88 bits per heavy atom. The van der Waals surface area contributed by atoms with Gasteiger partial charge in [0, 0.05) is 24.1 Å². The van der Waals surface area contributed by atoms with Crippen LogP contribution in [0, 0.1) is 0 Å². The zero-order valence-corrected chi connectivity index (χ0v) is 21.3. The number of carbonyl (C=O) groups excluding carboxylic acids is 1. The molecule has 34 heavy (non-hydrogen) atoms. The highest BCUT2D eigenvalue weighted by atomic mass is 35.5. The molecule has 0 fully saturated rings. The number of H-pyrrole nitrogens is 1. The van der Waals surface area contributed by atoms with Crippen LogP contribution < -0.4 is 4.74 Å². The molecular weight excluding hydrogens is 450 g/mol. The van der Waals surface area contributed by atoms with Crippen LogP contribution in [0.15, 0.2) is 48.7 Å². The molecule has 7 heteroatoms. The summed E-state index contributed by atoms with van der Waals surface area (Å²) in [5, 5.41) is 9.94. The number of ketones is 1. The highest BCUT2D eigenvalue weighted by Gasteiger charge is 2.18. The molecule has 1 aromatic heterocycles. The van der Waals surface area contributed by atoms with Gasteiger partial charge in [-0.2, -0.15) is 0 Å². The van der Waals surface area contributed by atoms with Gasteiger partial charge in [-0.3, -0.25) is 9.69 Å². The number of aromatic amines is 1. The monoisotopic (exact) mass is 483 g/mol. The zero-order valence-electron chi connectivity index (χ0n) is 20.6. The summed E-state index contributed by atoms with van der Waals surface area (Å²) in [6, 6.07) is 13.3. The van der Waals surface area contributed by atoms with Crippen LogP contribution in [0.25, 0.3) is 11.3 Å². The number of rotatable bonds is 10. The lowest BCUT2D eigenvalue weighted by Gasteiger charge is -2.21. The molecule has 0 saturated heterocycles. The van der Waals surface area contributed by atoms with Crippen LogP contribution in [0.4, 0.5) is 0 Å². The first-order chi connectivity index (χ1) is 16.1. The van der Waals surface area contributed by atoms with Crippen molar-refractivity contribution >= 4 is 17.4 Å². The number of aromatic nitrogens is 2. The van der Waals surface area contributed by atoms with Crippen molar-refractivity contribution in [3.8, 4) is 17.0 Å². The van der Waals surface area contributed by atoms with Gasteiger partial charge >= 0.3 is 0 Å².